The van der Waals surface area contributed by atoms with Crippen molar-refractivity contribution >= 4 is 5.91 Å². The maximum atomic E-state index is 12.8. The maximum absolute atomic E-state index is 12.8. The summed E-state index contributed by atoms with van der Waals surface area (Å²) in [5, 5.41) is 12.6. The average Bonchev–Trinajstić information content (AvgIpc) is 2.57. The predicted molar refractivity (Wildman–Crippen MR) is 93.1 cm³/mol. The lowest BCUT2D eigenvalue weighted by atomic mass is 9.78. The standard InChI is InChI=1S/C19H27FN2O2/c1-2-9-19(15-23)10-3-12-22(14-19)13-18(24)21-11-8-16-4-6-17(20)7-5-16/h2,4-7,23H,1,3,8-15H2,(H,21,24)/t19-/m1/s1. The number of benzene rings is 1. The Kier molecular flexibility index (Phi) is 6.94. The van der Waals surface area contributed by atoms with Crippen LogP contribution in [0.5, 0.6) is 0 Å². The van der Waals surface area contributed by atoms with Gasteiger partial charge in [0.2, 0.25) is 5.91 Å². The monoisotopic (exact) mass is 334 g/mol. The molecule has 1 saturated heterocycles. The molecule has 1 aromatic carbocycles. The molecule has 2 rings (SSSR count). The van der Waals surface area contributed by atoms with Gasteiger partial charge in [-0.1, -0.05) is 18.2 Å². The fraction of sp³-hybridized carbons (Fsp3) is 0.526. The van der Waals surface area contributed by atoms with E-state index in [9.17, 15) is 14.3 Å². The molecule has 1 fully saturated rings. The van der Waals surface area contributed by atoms with Crippen molar-refractivity contribution in [2.45, 2.75) is 25.7 Å². The second-order valence-corrected chi connectivity index (χ2v) is 6.69. The molecule has 1 heterocycles. The van der Waals surface area contributed by atoms with Crippen molar-refractivity contribution in [2.24, 2.45) is 5.41 Å². The second kappa shape index (κ2) is 8.94. The summed E-state index contributed by atoms with van der Waals surface area (Å²) in [6.07, 6.45) is 5.26. The molecule has 2 N–H and O–H groups in total. The van der Waals surface area contributed by atoms with Gasteiger partial charge in [0.25, 0.3) is 0 Å². The first-order valence-electron chi connectivity index (χ1n) is 8.52. The fourth-order valence-electron chi connectivity index (χ4n) is 3.37. The molecule has 1 amide bonds. The summed E-state index contributed by atoms with van der Waals surface area (Å²) in [7, 11) is 0. The molecule has 1 atom stereocenters. The molecule has 0 radical (unpaired) electrons. The van der Waals surface area contributed by atoms with Crippen molar-refractivity contribution in [3.8, 4) is 0 Å². The Morgan fingerprint density at radius 1 is 1.42 bits per heavy atom. The Balaban J connectivity index is 1.75. The van der Waals surface area contributed by atoms with Crippen LogP contribution in [0.15, 0.2) is 36.9 Å². The number of hydrogen-bond donors (Lipinski definition) is 2. The van der Waals surface area contributed by atoms with Gasteiger partial charge in [-0.15, -0.1) is 6.58 Å². The van der Waals surface area contributed by atoms with E-state index >= 15 is 0 Å². The zero-order chi connectivity index (χ0) is 17.4. The number of carbonyl (C=O) groups excluding carboxylic acids is 1. The second-order valence-electron chi connectivity index (χ2n) is 6.69. The summed E-state index contributed by atoms with van der Waals surface area (Å²) in [6, 6.07) is 6.33. The SMILES string of the molecule is C=CC[C@@]1(CO)CCCN(CC(=O)NCCc2ccc(F)cc2)C1. The van der Waals surface area contributed by atoms with Gasteiger partial charge in [-0.3, -0.25) is 9.69 Å². The number of hydrogen-bond acceptors (Lipinski definition) is 3. The molecule has 0 aliphatic carbocycles. The minimum absolute atomic E-state index is 0.00976. The van der Waals surface area contributed by atoms with Crippen LogP contribution < -0.4 is 5.32 Å². The van der Waals surface area contributed by atoms with E-state index in [4.69, 9.17) is 0 Å². The Labute approximate surface area is 143 Å². The van der Waals surface area contributed by atoms with Crippen LogP contribution in [-0.2, 0) is 11.2 Å². The quantitative estimate of drug-likeness (QED) is 0.716. The maximum Gasteiger partial charge on any atom is 0.234 e. The van der Waals surface area contributed by atoms with E-state index in [2.05, 4.69) is 16.8 Å². The molecule has 1 aromatic rings. The molecule has 24 heavy (non-hydrogen) atoms. The van der Waals surface area contributed by atoms with E-state index in [1.165, 1.54) is 12.1 Å². The van der Waals surface area contributed by atoms with Gasteiger partial charge in [-0.2, -0.15) is 0 Å². The van der Waals surface area contributed by atoms with Crippen LogP contribution in [0.25, 0.3) is 0 Å². The first-order valence-corrected chi connectivity index (χ1v) is 8.52. The molecule has 1 aliphatic heterocycles. The summed E-state index contributed by atoms with van der Waals surface area (Å²) < 4.78 is 12.8. The molecule has 5 heteroatoms. The van der Waals surface area contributed by atoms with E-state index < -0.39 is 0 Å². The number of halogens is 1. The van der Waals surface area contributed by atoms with Gasteiger partial charge in [0, 0.05) is 18.5 Å². The number of piperidine rings is 1. The molecule has 0 aromatic heterocycles. The lowest BCUT2D eigenvalue weighted by Gasteiger charge is -2.41. The van der Waals surface area contributed by atoms with E-state index in [0.717, 1.165) is 37.9 Å². The van der Waals surface area contributed by atoms with Crippen molar-refractivity contribution < 1.29 is 14.3 Å². The first kappa shape index (κ1) is 18.6. The highest BCUT2D eigenvalue weighted by Crippen LogP contribution is 2.33. The number of carbonyl (C=O) groups is 1. The lowest BCUT2D eigenvalue weighted by Crippen LogP contribution is -2.48. The van der Waals surface area contributed by atoms with Crippen LogP contribution in [0, 0.1) is 11.2 Å². The number of amides is 1. The first-order chi connectivity index (χ1) is 11.6. The molecule has 4 nitrogen and oxygen atoms in total. The Bertz CT molecular complexity index is 547. The van der Waals surface area contributed by atoms with Crippen molar-refractivity contribution in [1.82, 2.24) is 10.2 Å². The summed E-state index contributed by atoms with van der Waals surface area (Å²) in [5.74, 6) is -0.260. The summed E-state index contributed by atoms with van der Waals surface area (Å²) in [6.45, 7) is 6.39. The molecule has 0 unspecified atom stereocenters. The summed E-state index contributed by atoms with van der Waals surface area (Å²) >= 11 is 0. The Morgan fingerprint density at radius 2 is 2.17 bits per heavy atom. The van der Waals surface area contributed by atoms with Crippen LogP contribution in [0.2, 0.25) is 0 Å². The number of nitrogens with one attached hydrogen (secondary N) is 1. The Hall–Kier alpha value is -1.72. The van der Waals surface area contributed by atoms with Crippen LogP contribution in [0.3, 0.4) is 0 Å². The van der Waals surface area contributed by atoms with E-state index in [1.807, 2.05) is 6.08 Å². The number of nitrogens with zero attached hydrogens (tertiary/aromatic N) is 1. The minimum Gasteiger partial charge on any atom is -0.396 e. The van der Waals surface area contributed by atoms with Gasteiger partial charge >= 0.3 is 0 Å². The topological polar surface area (TPSA) is 52.6 Å². The number of aliphatic hydroxyl groups is 1. The number of likely N-dealkylation sites (tertiary alicyclic amines) is 1. The molecule has 1 aliphatic rings. The average molecular weight is 334 g/mol. The lowest BCUT2D eigenvalue weighted by molar-refractivity contribution is -0.123. The smallest absolute Gasteiger partial charge is 0.234 e. The largest absolute Gasteiger partial charge is 0.396 e. The third-order valence-corrected chi connectivity index (χ3v) is 4.67. The highest BCUT2D eigenvalue weighted by Gasteiger charge is 2.34. The summed E-state index contributed by atoms with van der Waals surface area (Å²) in [5.41, 5.74) is 0.842. The fourth-order valence-corrected chi connectivity index (χ4v) is 3.37. The molecule has 0 bridgehead atoms. The van der Waals surface area contributed by atoms with Crippen molar-refractivity contribution in [3.63, 3.8) is 0 Å². The van der Waals surface area contributed by atoms with Crippen LogP contribution in [0.4, 0.5) is 4.39 Å². The van der Waals surface area contributed by atoms with Crippen molar-refractivity contribution in [2.75, 3.05) is 32.8 Å². The number of aliphatic hydroxyl groups excluding tert-OH is 1. The van der Waals surface area contributed by atoms with Crippen LogP contribution in [-0.4, -0.2) is 48.7 Å². The van der Waals surface area contributed by atoms with Crippen molar-refractivity contribution in [1.29, 1.82) is 0 Å². The minimum atomic E-state index is -0.250. The predicted octanol–water partition coefficient (Wildman–Crippen LogP) is 2.13. The van der Waals surface area contributed by atoms with Crippen LogP contribution in [0.1, 0.15) is 24.8 Å². The Morgan fingerprint density at radius 3 is 2.83 bits per heavy atom. The third kappa shape index (κ3) is 5.42. The van der Waals surface area contributed by atoms with Gasteiger partial charge in [-0.25, -0.2) is 4.39 Å². The highest BCUT2D eigenvalue weighted by molar-refractivity contribution is 5.78. The number of rotatable bonds is 8. The number of allylic oxidation sites excluding steroid dienone is 1. The van der Waals surface area contributed by atoms with Gasteiger partial charge in [0.1, 0.15) is 5.82 Å². The zero-order valence-electron chi connectivity index (χ0n) is 14.1. The molecule has 0 saturated carbocycles. The van der Waals surface area contributed by atoms with Gasteiger partial charge in [0.05, 0.1) is 13.2 Å². The van der Waals surface area contributed by atoms with E-state index in [0.29, 0.717) is 19.5 Å². The molecule has 0 spiro atoms. The molecule has 132 valence electrons. The van der Waals surface area contributed by atoms with Gasteiger partial charge in [0.15, 0.2) is 0 Å². The molecular formula is C19H27FN2O2. The van der Waals surface area contributed by atoms with E-state index in [1.54, 1.807) is 12.1 Å². The zero-order valence-corrected chi connectivity index (χ0v) is 14.1. The highest BCUT2D eigenvalue weighted by atomic mass is 19.1. The summed E-state index contributed by atoms with van der Waals surface area (Å²) in [4.78, 5) is 14.2. The third-order valence-electron chi connectivity index (χ3n) is 4.67. The van der Waals surface area contributed by atoms with Crippen molar-refractivity contribution in [3.05, 3.63) is 48.3 Å². The van der Waals surface area contributed by atoms with Crippen LogP contribution >= 0.6 is 0 Å². The normalized spacial score (nSPS) is 21.4. The van der Waals surface area contributed by atoms with Gasteiger partial charge < -0.3 is 10.4 Å². The molecular weight excluding hydrogens is 307 g/mol. The van der Waals surface area contributed by atoms with Gasteiger partial charge in [-0.05, 0) is 49.9 Å². The van der Waals surface area contributed by atoms with E-state index in [-0.39, 0.29) is 23.7 Å².